The van der Waals surface area contributed by atoms with Gasteiger partial charge >= 0.3 is 0 Å². The van der Waals surface area contributed by atoms with Crippen LogP contribution in [0.1, 0.15) is 48.0 Å². The molecular weight excluding hydrogens is 394 g/mol. The van der Waals surface area contributed by atoms with Crippen molar-refractivity contribution in [2.45, 2.75) is 48.0 Å². The third-order valence-electron chi connectivity index (χ3n) is 4.73. The highest BCUT2D eigenvalue weighted by Gasteiger charge is 2.13. The molecule has 0 atom stereocenters. The molecule has 1 N–H and O–H groups in total. The zero-order chi connectivity index (χ0) is 18.9. The highest BCUT2D eigenvalue weighted by Crippen LogP contribution is 2.28. The monoisotopic (exact) mass is 419 g/mol. The van der Waals surface area contributed by atoms with E-state index in [2.05, 4.69) is 5.32 Å². The molecule has 27 heavy (non-hydrogen) atoms. The second kappa shape index (κ2) is 11.0. The summed E-state index contributed by atoms with van der Waals surface area (Å²) in [5.74, 6) is 1.91. The zero-order valence-electron chi connectivity index (χ0n) is 15.5. The van der Waals surface area contributed by atoms with Gasteiger partial charge in [0.1, 0.15) is 0 Å². The van der Waals surface area contributed by atoms with Gasteiger partial charge in [-0.25, -0.2) is 0 Å². The molecule has 1 aliphatic carbocycles. The number of nitrogens with one attached hydrogen (secondary N) is 1. The minimum atomic E-state index is 0.0242. The summed E-state index contributed by atoms with van der Waals surface area (Å²) in [6.45, 7) is 0.744. The Morgan fingerprint density at radius 2 is 1.70 bits per heavy atom. The van der Waals surface area contributed by atoms with E-state index in [1.807, 2.05) is 60.3 Å². The SMILES string of the molecule is O=C(NCCSC1CCCCC1)c1ccc(CSc2ccc(Cl)cc2)cc1. The molecule has 1 amide bonds. The maximum absolute atomic E-state index is 12.3. The maximum atomic E-state index is 12.3. The van der Waals surface area contributed by atoms with Gasteiger partial charge in [-0.05, 0) is 54.8 Å². The Morgan fingerprint density at radius 1 is 1.00 bits per heavy atom. The van der Waals surface area contributed by atoms with Crippen LogP contribution in [-0.4, -0.2) is 23.5 Å². The van der Waals surface area contributed by atoms with Crippen LogP contribution in [0.25, 0.3) is 0 Å². The fourth-order valence-electron chi connectivity index (χ4n) is 3.17. The molecule has 1 fully saturated rings. The van der Waals surface area contributed by atoms with Crippen molar-refractivity contribution in [3.63, 3.8) is 0 Å². The van der Waals surface area contributed by atoms with E-state index >= 15 is 0 Å². The molecule has 2 aromatic rings. The fraction of sp³-hybridized carbons (Fsp3) is 0.409. The molecule has 0 saturated heterocycles. The molecule has 0 unspecified atom stereocenters. The Morgan fingerprint density at radius 3 is 2.41 bits per heavy atom. The Kier molecular flexibility index (Phi) is 8.43. The first-order valence-corrected chi connectivity index (χ1v) is 12.0. The number of hydrogen-bond acceptors (Lipinski definition) is 3. The molecule has 1 saturated carbocycles. The van der Waals surface area contributed by atoms with E-state index in [1.165, 1.54) is 42.6 Å². The van der Waals surface area contributed by atoms with E-state index in [0.29, 0.717) is 0 Å². The number of hydrogen-bond donors (Lipinski definition) is 1. The van der Waals surface area contributed by atoms with Gasteiger partial charge in [0.05, 0.1) is 0 Å². The first kappa shape index (κ1) is 20.6. The van der Waals surface area contributed by atoms with Crippen molar-refractivity contribution in [2.75, 3.05) is 12.3 Å². The molecular formula is C22H26ClNOS2. The molecule has 1 aliphatic rings. The summed E-state index contributed by atoms with van der Waals surface area (Å²) in [6, 6.07) is 15.8. The highest BCUT2D eigenvalue weighted by atomic mass is 35.5. The molecule has 2 aromatic carbocycles. The largest absolute Gasteiger partial charge is 0.351 e. The van der Waals surface area contributed by atoms with Gasteiger partial charge in [-0.1, -0.05) is 43.0 Å². The number of rotatable bonds is 8. The minimum absolute atomic E-state index is 0.0242. The van der Waals surface area contributed by atoms with Crippen molar-refractivity contribution >= 4 is 41.0 Å². The van der Waals surface area contributed by atoms with Crippen LogP contribution in [-0.2, 0) is 5.75 Å². The van der Waals surface area contributed by atoms with Crippen LogP contribution >= 0.6 is 35.1 Å². The average Bonchev–Trinajstić information content (AvgIpc) is 2.72. The predicted molar refractivity (Wildman–Crippen MR) is 119 cm³/mol. The first-order chi connectivity index (χ1) is 13.2. The number of thioether (sulfide) groups is 2. The Bertz CT molecular complexity index is 712. The number of amides is 1. The van der Waals surface area contributed by atoms with Crippen molar-refractivity contribution < 1.29 is 4.79 Å². The van der Waals surface area contributed by atoms with Crippen LogP contribution in [0, 0.1) is 0 Å². The fourth-order valence-corrected chi connectivity index (χ4v) is 5.37. The summed E-state index contributed by atoms with van der Waals surface area (Å²) in [4.78, 5) is 13.5. The van der Waals surface area contributed by atoms with Gasteiger partial charge in [-0.2, -0.15) is 11.8 Å². The third kappa shape index (κ3) is 7.10. The molecule has 0 heterocycles. The van der Waals surface area contributed by atoms with Crippen molar-refractivity contribution in [1.82, 2.24) is 5.32 Å². The van der Waals surface area contributed by atoms with Crippen molar-refractivity contribution in [1.29, 1.82) is 0 Å². The molecule has 144 valence electrons. The van der Waals surface area contributed by atoms with Gasteiger partial charge in [0.2, 0.25) is 0 Å². The lowest BCUT2D eigenvalue weighted by molar-refractivity contribution is 0.0956. The van der Waals surface area contributed by atoms with E-state index in [-0.39, 0.29) is 5.91 Å². The summed E-state index contributed by atoms with van der Waals surface area (Å²) < 4.78 is 0. The summed E-state index contributed by atoms with van der Waals surface area (Å²) in [5, 5.41) is 4.60. The third-order valence-corrected chi connectivity index (χ3v) is 7.45. The molecule has 2 nitrogen and oxygen atoms in total. The van der Waals surface area contributed by atoms with Gasteiger partial charge in [0.25, 0.3) is 5.91 Å². The van der Waals surface area contributed by atoms with Crippen LogP contribution in [0.4, 0.5) is 0 Å². The lowest BCUT2D eigenvalue weighted by Gasteiger charge is -2.20. The number of halogens is 1. The first-order valence-electron chi connectivity index (χ1n) is 9.58. The average molecular weight is 420 g/mol. The lowest BCUT2D eigenvalue weighted by atomic mass is 10.0. The van der Waals surface area contributed by atoms with Crippen LogP contribution in [0.5, 0.6) is 0 Å². The van der Waals surface area contributed by atoms with E-state index < -0.39 is 0 Å². The topological polar surface area (TPSA) is 29.1 Å². The number of carbonyl (C=O) groups excluding carboxylic acids is 1. The number of benzene rings is 2. The van der Waals surface area contributed by atoms with Crippen LogP contribution in [0.15, 0.2) is 53.4 Å². The second-order valence-corrected chi connectivity index (χ2v) is 9.72. The minimum Gasteiger partial charge on any atom is -0.351 e. The van der Waals surface area contributed by atoms with Crippen molar-refractivity contribution in [3.8, 4) is 0 Å². The predicted octanol–water partition coefficient (Wildman–Crippen LogP) is 6.43. The molecule has 5 heteroatoms. The standard InChI is InChI=1S/C22H26ClNOS2/c23-19-10-12-21(13-11-19)27-16-17-6-8-18(9-7-17)22(25)24-14-15-26-20-4-2-1-3-5-20/h6-13,20H,1-5,14-16H2,(H,24,25). The summed E-state index contributed by atoms with van der Waals surface area (Å²) in [7, 11) is 0. The van der Waals surface area contributed by atoms with Crippen LogP contribution in [0.2, 0.25) is 5.02 Å². The van der Waals surface area contributed by atoms with E-state index in [9.17, 15) is 4.79 Å². The molecule has 0 aromatic heterocycles. The van der Waals surface area contributed by atoms with Gasteiger partial charge < -0.3 is 5.32 Å². The lowest BCUT2D eigenvalue weighted by Crippen LogP contribution is -2.26. The van der Waals surface area contributed by atoms with Gasteiger partial charge in [0, 0.05) is 38.8 Å². The molecule has 0 spiro atoms. The smallest absolute Gasteiger partial charge is 0.251 e. The zero-order valence-corrected chi connectivity index (χ0v) is 17.8. The van der Waals surface area contributed by atoms with Gasteiger partial charge in [-0.3, -0.25) is 4.79 Å². The molecule has 0 aliphatic heterocycles. The summed E-state index contributed by atoms with van der Waals surface area (Å²) in [6.07, 6.45) is 6.81. The second-order valence-electron chi connectivity index (χ2n) is 6.83. The van der Waals surface area contributed by atoms with Gasteiger partial charge in [0.15, 0.2) is 0 Å². The normalized spacial score (nSPS) is 14.9. The number of carbonyl (C=O) groups is 1. The van der Waals surface area contributed by atoms with E-state index in [4.69, 9.17) is 11.6 Å². The summed E-state index contributed by atoms with van der Waals surface area (Å²) >= 11 is 9.69. The molecule has 0 radical (unpaired) electrons. The quantitative estimate of drug-likeness (QED) is 0.395. The van der Waals surface area contributed by atoms with Crippen molar-refractivity contribution in [3.05, 3.63) is 64.7 Å². The van der Waals surface area contributed by atoms with E-state index in [1.54, 1.807) is 11.8 Å². The summed E-state index contributed by atoms with van der Waals surface area (Å²) in [5.41, 5.74) is 1.94. The Balaban J connectivity index is 1.38. The Hall–Kier alpha value is -1.10. The molecule has 3 rings (SSSR count). The highest BCUT2D eigenvalue weighted by molar-refractivity contribution is 7.99. The maximum Gasteiger partial charge on any atom is 0.251 e. The van der Waals surface area contributed by atoms with Gasteiger partial charge in [-0.15, -0.1) is 11.8 Å². The molecule has 0 bridgehead atoms. The van der Waals surface area contributed by atoms with Crippen molar-refractivity contribution in [2.24, 2.45) is 0 Å². The Labute approximate surface area is 175 Å². The van der Waals surface area contributed by atoms with E-state index in [0.717, 1.165) is 33.9 Å². The van der Waals surface area contributed by atoms with Crippen LogP contribution in [0.3, 0.4) is 0 Å². The van der Waals surface area contributed by atoms with Crippen LogP contribution < -0.4 is 5.32 Å².